The molecule has 0 aliphatic carbocycles. The zero-order chi connectivity index (χ0) is 26.3. The number of carboxylic acids is 1. The Balaban J connectivity index is 1.43. The summed E-state index contributed by atoms with van der Waals surface area (Å²) in [5.74, 6) is -0.204. The second kappa shape index (κ2) is 15.3. The van der Waals surface area contributed by atoms with Crippen LogP contribution in [0.5, 0.6) is 0 Å². The number of carboxylic acid groups (broad SMARTS) is 1. The van der Waals surface area contributed by atoms with E-state index in [0.29, 0.717) is 18.6 Å². The summed E-state index contributed by atoms with van der Waals surface area (Å²) in [5, 5.41) is 12.4. The van der Waals surface area contributed by atoms with Crippen molar-refractivity contribution in [1.29, 1.82) is 0 Å². The van der Waals surface area contributed by atoms with E-state index in [2.05, 4.69) is 78.1 Å². The van der Waals surface area contributed by atoms with E-state index in [1.54, 1.807) is 11.8 Å². The number of benzene rings is 3. The molecule has 196 valence electrons. The molecule has 0 bridgehead atoms. The number of carbonyl (C=O) groups excluding carboxylic acids is 1. The maximum Gasteiger partial charge on any atom is 0.303 e. The van der Waals surface area contributed by atoms with Crippen LogP contribution < -0.4 is 5.32 Å². The van der Waals surface area contributed by atoms with Gasteiger partial charge in [0.25, 0.3) is 0 Å². The third-order valence-electron chi connectivity index (χ3n) is 6.53. The van der Waals surface area contributed by atoms with E-state index in [9.17, 15) is 14.7 Å². The summed E-state index contributed by atoms with van der Waals surface area (Å²) in [4.78, 5) is 25.1. The lowest BCUT2D eigenvalue weighted by molar-refractivity contribution is -0.137. The van der Waals surface area contributed by atoms with Gasteiger partial charge in [-0.25, -0.2) is 0 Å². The fourth-order valence-electron chi connectivity index (χ4n) is 4.34. The molecule has 0 saturated carbocycles. The lowest BCUT2D eigenvalue weighted by Crippen LogP contribution is -2.48. The number of carbonyl (C=O) groups is 2. The zero-order valence-electron chi connectivity index (χ0n) is 21.8. The Morgan fingerprint density at radius 2 is 1.35 bits per heavy atom. The summed E-state index contributed by atoms with van der Waals surface area (Å²) in [7, 11) is 0. The summed E-state index contributed by atoms with van der Waals surface area (Å²) >= 11 is 1.66. The van der Waals surface area contributed by atoms with Crippen LogP contribution in [0, 0.1) is 0 Å². The molecule has 0 radical (unpaired) electrons. The van der Waals surface area contributed by atoms with E-state index in [1.165, 1.54) is 16.7 Å². The molecule has 0 saturated heterocycles. The Hall–Kier alpha value is -3.05. The molecule has 0 spiro atoms. The fourth-order valence-corrected chi connectivity index (χ4v) is 5.37. The lowest BCUT2D eigenvalue weighted by atomic mass is 9.97. The van der Waals surface area contributed by atoms with Crippen LogP contribution in [0.1, 0.15) is 68.6 Å². The van der Waals surface area contributed by atoms with Crippen LogP contribution >= 0.6 is 11.8 Å². The maximum absolute atomic E-state index is 12.7. The van der Waals surface area contributed by atoms with Crippen LogP contribution in [0.3, 0.4) is 0 Å². The minimum atomic E-state index is -0.839. The van der Waals surface area contributed by atoms with Gasteiger partial charge in [0.2, 0.25) is 5.91 Å². The number of hydrogen-bond acceptors (Lipinski definition) is 3. The van der Waals surface area contributed by atoms with Crippen molar-refractivity contribution in [2.75, 3.05) is 5.75 Å². The summed E-state index contributed by atoms with van der Waals surface area (Å²) in [5.41, 5.74) is 3.32. The van der Waals surface area contributed by atoms with Crippen LogP contribution in [0.15, 0.2) is 89.8 Å². The zero-order valence-corrected chi connectivity index (χ0v) is 22.6. The van der Waals surface area contributed by atoms with Crippen LogP contribution in [-0.4, -0.2) is 28.3 Å². The molecule has 2 N–H and O–H groups in total. The first-order valence-corrected chi connectivity index (χ1v) is 14.2. The summed E-state index contributed by atoms with van der Waals surface area (Å²) in [6.45, 7) is 1.96. The molecule has 0 fully saturated rings. The lowest BCUT2D eigenvalue weighted by Gasteiger charge is -2.30. The van der Waals surface area contributed by atoms with Gasteiger partial charge in [-0.05, 0) is 67.9 Å². The first-order valence-electron chi connectivity index (χ1n) is 13.2. The normalized spacial score (nSPS) is 12.6. The van der Waals surface area contributed by atoms with Crippen molar-refractivity contribution in [1.82, 2.24) is 5.32 Å². The largest absolute Gasteiger partial charge is 0.481 e. The van der Waals surface area contributed by atoms with E-state index < -0.39 is 11.5 Å². The molecule has 0 unspecified atom stereocenters. The molecule has 0 aromatic heterocycles. The summed E-state index contributed by atoms with van der Waals surface area (Å²) < 4.78 is 0. The molecular formula is C32H39NO3S. The molecule has 3 aromatic carbocycles. The number of amides is 1. The molecule has 0 heterocycles. The topological polar surface area (TPSA) is 66.4 Å². The standard InChI is InChI=1S/C32H39NO3S/c1-32(23-22-31(35)36,33-30(34)17-11-3-2-6-12-26-13-7-4-8-14-26)25-37-29-20-18-28(19-21-29)24-27-15-9-5-10-16-27/h4-5,7-10,13-16,18-21H,2-3,6,11-12,17,22-25H2,1H3,(H,33,34)(H,35,36)/t32-/m1/s1. The van der Waals surface area contributed by atoms with Crippen molar-refractivity contribution in [3.8, 4) is 0 Å². The van der Waals surface area contributed by atoms with Crippen LogP contribution in [0.25, 0.3) is 0 Å². The minimum absolute atomic E-state index is 0.00903. The van der Waals surface area contributed by atoms with Gasteiger partial charge >= 0.3 is 5.97 Å². The highest BCUT2D eigenvalue weighted by Gasteiger charge is 2.27. The van der Waals surface area contributed by atoms with Gasteiger partial charge in [-0.3, -0.25) is 9.59 Å². The summed E-state index contributed by atoms with van der Waals surface area (Å²) in [6.07, 6.45) is 7.00. The molecule has 3 aromatic rings. The Labute approximate surface area is 225 Å². The molecule has 0 aliphatic rings. The number of unbranched alkanes of at least 4 members (excludes halogenated alkanes) is 3. The highest BCUT2D eigenvalue weighted by Crippen LogP contribution is 2.27. The second-order valence-electron chi connectivity index (χ2n) is 10.00. The molecule has 37 heavy (non-hydrogen) atoms. The third kappa shape index (κ3) is 11.3. The van der Waals surface area contributed by atoms with E-state index in [-0.39, 0.29) is 12.3 Å². The van der Waals surface area contributed by atoms with Crippen molar-refractivity contribution in [3.05, 3.63) is 102 Å². The average molecular weight is 518 g/mol. The molecular weight excluding hydrogens is 478 g/mol. The van der Waals surface area contributed by atoms with Gasteiger partial charge in [-0.2, -0.15) is 0 Å². The van der Waals surface area contributed by atoms with Crippen LogP contribution in [0.2, 0.25) is 0 Å². The van der Waals surface area contributed by atoms with Crippen LogP contribution in [-0.2, 0) is 22.4 Å². The molecule has 1 amide bonds. The Kier molecular flexibility index (Phi) is 11.8. The summed E-state index contributed by atoms with van der Waals surface area (Å²) in [6, 6.07) is 29.4. The van der Waals surface area contributed by atoms with Gasteiger partial charge in [0, 0.05) is 29.0 Å². The Morgan fingerprint density at radius 1 is 0.757 bits per heavy atom. The van der Waals surface area contributed by atoms with Gasteiger partial charge in [0.15, 0.2) is 0 Å². The number of aryl methyl sites for hydroxylation is 1. The van der Waals surface area contributed by atoms with Crippen molar-refractivity contribution in [2.45, 2.75) is 75.1 Å². The molecule has 4 nitrogen and oxygen atoms in total. The Bertz CT molecular complexity index is 1090. The number of nitrogens with one attached hydrogen (secondary N) is 1. The van der Waals surface area contributed by atoms with E-state index >= 15 is 0 Å². The quantitative estimate of drug-likeness (QED) is 0.154. The monoisotopic (exact) mass is 517 g/mol. The molecule has 1 atom stereocenters. The van der Waals surface area contributed by atoms with E-state index in [1.807, 2.05) is 19.1 Å². The predicted octanol–water partition coefficient (Wildman–Crippen LogP) is 7.30. The van der Waals surface area contributed by atoms with E-state index in [4.69, 9.17) is 0 Å². The smallest absolute Gasteiger partial charge is 0.303 e. The van der Waals surface area contributed by atoms with Crippen molar-refractivity contribution < 1.29 is 14.7 Å². The number of thioether (sulfide) groups is 1. The van der Waals surface area contributed by atoms with Gasteiger partial charge in [0.05, 0.1) is 0 Å². The predicted molar refractivity (Wildman–Crippen MR) is 153 cm³/mol. The average Bonchev–Trinajstić information content (AvgIpc) is 2.90. The Morgan fingerprint density at radius 3 is 2.00 bits per heavy atom. The maximum atomic E-state index is 12.7. The van der Waals surface area contributed by atoms with Gasteiger partial charge < -0.3 is 10.4 Å². The highest BCUT2D eigenvalue weighted by molar-refractivity contribution is 7.99. The number of aliphatic carboxylic acids is 1. The van der Waals surface area contributed by atoms with Gasteiger partial charge in [-0.15, -0.1) is 11.8 Å². The van der Waals surface area contributed by atoms with E-state index in [0.717, 1.165) is 43.4 Å². The molecule has 5 heteroatoms. The third-order valence-corrected chi connectivity index (χ3v) is 7.91. The first-order chi connectivity index (χ1) is 17.9. The first kappa shape index (κ1) is 28.5. The van der Waals surface area contributed by atoms with Crippen molar-refractivity contribution in [2.24, 2.45) is 0 Å². The fraction of sp³-hybridized carbons (Fsp3) is 0.375. The number of rotatable bonds is 16. The SMILES string of the molecule is C[C@@](CCC(=O)O)(CSc1ccc(Cc2ccccc2)cc1)NC(=O)CCCCCCc1ccccc1. The van der Waals surface area contributed by atoms with Crippen molar-refractivity contribution >= 4 is 23.6 Å². The van der Waals surface area contributed by atoms with Gasteiger partial charge in [0.1, 0.15) is 0 Å². The van der Waals surface area contributed by atoms with Crippen LogP contribution in [0.4, 0.5) is 0 Å². The van der Waals surface area contributed by atoms with Gasteiger partial charge in [-0.1, -0.05) is 85.6 Å². The second-order valence-corrected chi connectivity index (χ2v) is 11.0. The minimum Gasteiger partial charge on any atom is -0.481 e. The molecule has 0 aliphatic heterocycles. The highest BCUT2D eigenvalue weighted by atomic mass is 32.2. The molecule has 3 rings (SSSR count). The van der Waals surface area contributed by atoms with Crippen molar-refractivity contribution in [3.63, 3.8) is 0 Å². The number of hydrogen-bond donors (Lipinski definition) is 2.